The molecular weight excluding hydrogens is 698 g/mol. The van der Waals surface area contributed by atoms with E-state index >= 15 is 9.18 Å². The smallest absolute Gasteiger partial charge is 0.308 e. The number of anilines is 1. The number of rotatable bonds is 7. The van der Waals surface area contributed by atoms with E-state index in [1.165, 1.54) is 25.3 Å². The molecule has 2 amide bonds. The number of nitro groups is 1. The lowest BCUT2D eigenvalue weighted by molar-refractivity contribution is -0.384. The molecule has 2 N–H and O–H groups in total. The van der Waals surface area contributed by atoms with E-state index in [-0.39, 0.29) is 52.6 Å². The van der Waals surface area contributed by atoms with E-state index in [0.717, 1.165) is 19.3 Å². The van der Waals surface area contributed by atoms with Gasteiger partial charge in [-0.3, -0.25) is 29.8 Å². The molecule has 7 rings (SSSR count). The van der Waals surface area contributed by atoms with Crippen molar-refractivity contribution in [2.24, 2.45) is 5.92 Å². The van der Waals surface area contributed by atoms with Crippen LogP contribution in [-0.4, -0.2) is 52.3 Å². The first-order chi connectivity index (χ1) is 24.5. The van der Waals surface area contributed by atoms with E-state index in [1.807, 2.05) is 6.07 Å². The first-order valence-corrected chi connectivity index (χ1v) is 18.2. The van der Waals surface area contributed by atoms with Crippen molar-refractivity contribution in [3.05, 3.63) is 103 Å². The maximum atomic E-state index is 16.5. The van der Waals surface area contributed by atoms with Crippen molar-refractivity contribution in [2.45, 2.75) is 93.3 Å². The van der Waals surface area contributed by atoms with Gasteiger partial charge >= 0.3 is 5.97 Å². The number of carbonyl (C=O) groups excluding carboxylic acids is 3. The van der Waals surface area contributed by atoms with E-state index in [0.29, 0.717) is 60.4 Å². The van der Waals surface area contributed by atoms with Crippen LogP contribution >= 0.6 is 23.2 Å². The van der Waals surface area contributed by atoms with Gasteiger partial charge in [0.25, 0.3) is 5.69 Å². The van der Waals surface area contributed by atoms with E-state index in [2.05, 4.69) is 10.6 Å². The number of nitrogens with one attached hydrogen (secondary N) is 2. The highest BCUT2D eigenvalue weighted by Crippen LogP contribution is 2.63. The van der Waals surface area contributed by atoms with Gasteiger partial charge in [-0.25, -0.2) is 4.39 Å². The van der Waals surface area contributed by atoms with Crippen LogP contribution in [0.25, 0.3) is 0 Å². The van der Waals surface area contributed by atoms with Gasteiger partial charge < -0.3 is 15.0 Å². The number of nitrogens with zero attached hydrogens (tertiary/aromatic N) is 2. The molecule has 10 nitrogen and oxygen atoms in total. The van der Waals surface area contributed by atoms with Crippen molar-refractivity contribution in [1.82, 2.24) is 10.2 Å². The predicted molar refractivity (Wildman–Crippen MR) is 190 cm³/mol. The first kappa shape index (κ1) is 35.3. The molecule has 1 saturated heterocycles. The summed E-state index contributed by atoms with van der Waals surface area (Å²) >= 11 is 12.9. The van der Waals surface area contributed by atoms with Gasteiger partial charge in [-0.2, -0.15) is 0 Å². The fourth-order valence-corrected chi connectivity index (χ4v) is 9.83. The minimum absolute atomic E-state index is 0.0728. The molecule has 3 aromatic carbocycles. The molecule has 3 aromatic rings. The molecule has 2 aliphatic heterocycles. The minimum Gasteiger partial charge on any atom is -0.469 e. The molecular formula is C38H39Cl2FN4O6. The Kier molecular flexibility index (Phi) is 9.58. The third-order valence-electron chi connectivity index (χ3n) is 11.7. The molecule has 0 radical (unpaired) electrons. The zero-order valence-corrected chi connectivity index (χ0v) is 29.6. The Hall–Kier alpha value is -4.06. The summed E-state index contributed by atoms with van der Waals surface area (Å²) in [5.74, 6) is -2.92. The Morgan fingerprint density at radius 1 is 1.02 bits per heavy atom. The first-order valence-electron chi connectivity index (χ1n) is 17.5. The fourth-order valence-electron chi connectivity index (χ4n) is 9.48. The van der Waals surface area contributed by atoms with Crippen molar-refractivity contribution in [3.63, 3.8) is 0 Å². The lowest BCUT2D eigenvalue weighted by atomic mass is 9.55. The number of ether oxygens (including phenoxy) is 1. The number of fused-ring (bicyclic) bond motifs is 3. The van der Waals surface area contributed by atoms with Crippen LogP contribution in [0.2, 0.25) is 10.0 Å². The van der Waals surface area contributed by atoms with Crippen LogP contribution in [-0.2, 0) is 31.1 Å². The maximum Gasteiger partial charge on any atom is 0.308 e. The lowest BCUT2D eigenvalue weighted by Crippen LogP contribution is -2.60. The zero-order valence-electron chi connectivity index (χ0n) is 28.1. The average molecular weight is 738 g/mol. The number of amides is 2. The molecule has 4 aliphatic rings. The molecule has 0 aromatic heterocycles. The largest absolute Gasteiger partial charge is 0.469 e. The van der Waals surface area contributed by atoms with Crippen LogP contribution < -0.4 is 10.6 Å². The molecule has 2 saturated carbocycles. The highest BCUT2D eigenvalue weighted by atomic mass is 35.5. The van der Waals surface area contributed by atoms with Gasteiger partial charge in [0.05, 0.1) is 29.0 Å². The van der Waals surface area contributed by atoms with Crippen LogP contribution in [0.15, 0.2) is 60.7 Å². The lowest BCUT2D eigenvalue weighted by Gasteiger charge is -2.47. The number of hydrogen-bond donors (Lipinski definition) is 2. The highest BCUT2D eigenvalue weighted by Gasteiger charge is 2.72. The molecule has 0 unspecified atom stereocenters. The predicted octanol–water partition coefficient (Wildman–Crippen LogP) is 7.45. The number of hydrogen-bond acceptors (Lipinski definition) is 7. The molecule has 3 fully saturated rings. The molecule has 13 heteroatoms. The second-order valence-electron chi connectivity index (χ2n) is 14.3. The molecule has 2 aliphatic carbocycles. The third-order valence-corrected chi connectivity index (χ3v) is 12.3. The number of benzene rings is 3. The Morgan fingerprint density at radius 2 is 1.73 bits per heavy atom. The summed E-state index contributed by atoms with van der Waals surface area (Å²) in [7, 11) is 1.36. The van der Waals surface area contributed by atoms with Crippen LogP contribution in [0.4, 0.5) is 15.8 Å². The molecule has 3 atom stereocenters. The molecule has 2 spiro atoms. The second-order valence-corrected chi connectivity index (χ2v) is 15.1. The Labute approximate surface area is 305 Å². The fraction of sp³-hybridized carbons (Fsp3) is 0.447. The number of nitro benzene ring substituents is 1. The summed E-state index contributed by atoms with van der Waals surface area (Å²) in [6.07, 6.45) is 5.78. The summed E-state index contributed by atoms with van der Waals surface area (Å²) in [5.41, 5.74) is -0.339. The summed E-state index contributed by atoms with van der Waals surface area (Å²) in [4.78, 5) is 55.4. The Balaban J connectivity index is 1.38. The Morgan fingerprint density at radius 3 is 2.39 bits per heavy atom. The summed E-state index contributed by atoms with van der Waals surface area (Å²) < 4.78 is 21.5. The number of non-ortho nitro benzene ring substituents is 1. The SMILES string of the molecule is COC(=O)C1CCC(N(Cc2ccc([N+](=O)[O-])cc2)C(=O)[C@@H]2NC3(CCCCC3)[C@@]3(C(=O)Nc4cc(Cl)ccc43)[C@H]2c2cccc(Cl)c2F)CC1. The van der Waals surface area contributed by atoms with Crippen LogP contribution in [0.1, 0.15) is 80.4 Å². The molecule has 51 heavy (non-hydrogen) atoms. The zero-order chi connectivity index (χ0) is 36.1. The van der Waals surface area contributed by atoms with Gasteiger partial charge in [-0.05, 0) is 73.4 Å². The number of halogens is 3. The molecule has 0 bridgehead atoms. The quantitative estimate of drug-likeness (QED) is 0.146. The topological polar surface area (TPSA) is 131 Å². The molecule has 268 valence electrons. The van der Waals surface area contributed by atoms with Gasteiger partial charge in [-0.1, -0.05) is 72.8 Å². The number of esters is 1. The monoisotopic (exact) mass is 736 g/mol. The van der Waals surface area contributed by atoms with Crippen LogP contribution in [0.5, 0.6) is 0 Å². The van der Waals surface area contributed by atoms with Crippen molar-refractivity contribution in [2.75, 3.05) is 12.4 Å². The van der Waals surface area contributed by atoms with Crippen molar-refractivity contribution in [3.8, 4) is 0 Å². The maximum absolute atomic E-state index is 16.5. The van der Waals surface area contributed by atoms with Gasteiger partial charge in [0, 0.05) is 46.9 Å². The van der Waals surface area contributed by atoms with Gasteiger partial charge in [0.15, 0.2) is 0 Å². The summed E-state index contributed by atoms with van der Waals surface area (Å²) in [6, 6.07) is 14.6. The van der Waals surface area contributed by atoms with E-state index in [9.17, 15) is 19.7 Å². The average Bonchev–Trinajstić information content (AvgIpc) is 3.59. The van der Waals surface area contributed by atoms with Gasteiger partial charge in [0.2, 0.25) is 11.8 Å². The number of carbonyl (C=O) groups is 3. The second kappa shape index (κ2) is 13.8. The minimum atomic E-state index is -1.39. The normalized spacial score (nSPS) is 26.5. The standard InChI is InChI=1S/C38H39Cl2FN4O6/c1-51-35(47)23-10-15-25(16-11-23)44(21-22-8-13-26(14-9-22)45(49)50)34(46)33-31(27-6-5-7-29(40)32(27)41)38(37(43-33)18-3-2-4-19-37)28-17-12-24(39)20-30(28)42-36(38)48/h5-9,12-14,17,20,23,25,31,33,43H,2-4,10-11,15-16,18-19,21H2,1H3,(H,42,48)/t23?,25?,31-,33+,38+/m0/s1. The summed E-state index contributed by atoms with van der Waals surface area (Å²) in [6.45, 7) is 0.117. The van der Waals surface area contributed by atoms with E-state index < -0.39 is 33.7 Å². The van der Waals surface area contributed by atoms with E-state index in [1.54, 1.807) is 41.3 Å². The van der Waals surface area contributed by atoms with Crippen molar-refractivity contribution >= 4 is 52.4 Å². The van der Waals surface area contributed by atoms with Gasteiger partial charge in [-0.15, -0.1) is 0 Å². The van der Waals surface area contributed by atoms with E-state index in [4.69, 9.17) is 27.9 Å². The highest BCUT2D eigenvalue weighted by molar-refractivity contribution is 6.31. The van der Waals surface area contributed by atoms with Crippen molar-refractivity contribution in [1.29, 1.82) is 0 Å². The molecule has 2 heterocycles. The Bertz CT molecular complexity index is 1880. The summed E-state index contributed by atoms with van der Waals surface area (Å²) in [5, 5.41) is 18.5. The number of methoxy groups -OCH3 is 1. The third kappa shape index (κ3) is 5.87. The van der Waals surface area contributed by atoms with Crippen molar-refractivity contribution < 1.29 is 28.4 Å². The van der Waals surface area contributed by atoms with Crippen LogP contribution in [0.3, 0.4) is 0 Å². The van der Waals surface area contributed by atoms with Crippen LogP contribution in [0, 0.1) is 21.8 Å². The van der Waals surface area contributed by atoms with Gasteiger partial charge in [0.1, 0.15) is 11.2 Å².